The Hall–Kier alpha value is -1.06. The molecule has 0 fully saturated rings. The first kappa shape index (κ1) is 16.9. The molecule has 18 heavy (non-hydrogen) atoms. The molecule has 0 aliphatic rings. The van der Waals surface area contributed by atoms with E-state index in [2.05, 4.69) is 19.2 Å². The lowest BCUT2D eigenvalue weighted by molar-refractivity contribution is -0.130. The molecule has 0 rings (SSSR count). The van der Waals surface area contributed by atoms with Crippen molar-refractivity contribution in [2.45, 2.75) is 47.5 Å². The lowest BCUT2D eigenvalue weighted by atomic mass is 10.0. The van der Waals surface area contributed by atoms with Crippen molar-refractivity contribution < 1.29 is 9.59 Å². The predicted octanol–water partition coefficient (Wildman–Crippen LogP) is 2.04. The molecule has 0 aromatic carbocycles. The van der Waals surface area contributed by atoms with Crippen molar-refractivity contribution in [1.29, 1.82) is 0 Å². The van der Waals surface area contributed by atoms with Gasteiger partial charge in [-0.2, -0.15) is 0 Å². The molecule has 0 heterocycles. The minimum atomic E-state index is 0.0699. The maximum atomic E-state index is 11.8. The Labute approximate surface area is 111 Å². The van der Waals surface area contributed by atoms with Gasteiger partial charge in [-0.25, -0.2) is 0 Å². The number of nitrogens with one attached hydrogen (secondary N) is 1. The second-order valence-electron chi connectivity index (χ2n) is 5.16. The summed E-state index contributed by atoms with van der Waals surface area (Å²) in [6.45, 7) is 11.7. The number of hydrogen-bond donors (Lipinski definition) is 1. The molecule has 4 heteroatoms. The predicted molar refractivity (Wildman–Crippen MR) is 74.2 cm³/mol. The molecule has 4 nitrogen and oxygen atoms in total. The fraction of sp³-hybridized carbons (Fsp3) is 0.857. The molecule has 0 atom stereocenters. The zero-order valence-electron chi connectivity index (χ0n) is 12.5. The number of carbonyl (C=O) groups excluding carboxylic acids is 2. The molecule has 0 saturated heterocycles. The van der Waals surface area contributed by atoms with Crippen molar-refractivity contribution in [1.82, 2.24) is 10.2 Å². The van der Waals surface area contributed by atoms with Crippen LogP contribution in [0.15, 0.2) is 0 Å². The highest BCUT2D eigenvalue weighted by Crippen LogP contribution is 2.06. The first-order valence-electron chi connectivity index (χ1n) is 6.95. The Morgan fingerprint density at radius 1 is 1.17 bits per heavy atom. The van der Waals surface area contributed by atoms with Gasteiger partial charge in [-0.3, -0.25) is 9.59 Å². The van der Waals surface area contributed by atoms with Gasteiger partial charge in [0.2, 0.25) is 11.8 Å². The van der Waals surface area contributed by atoms with Gasteiger partial charge in [0.15, 0.2) is 0 Å². The van der Waals surface area contributed by atoms with Crippen molar-refractivity contribution in [3.63, 3.8) is 0 Å². The van der Waals surface area contributed by atoms with E-state index in [9.17, 15) is 9.59 Å². The largest absolute Gasteiger partial charge is 0.354 e. The molecule has 106 valence electrons. The van der Waals surface area contributed by atoms with Gasteiger partial charge < -0.3 is 10.2 Å². The van der Waals surface area contributed by atoms with Crippen LogP contribution in [0.5, 0.6) is 0 Å². The first-order chi connectivity index (χ1) is 8.42. The van der Waals surface area contributed by atoms with Crippen LogP contribution in [0.3, 0.4) is 0 Å². The molecule has 0 aromatic heterocycles. The van der Waals surface area contributed by atoms with Crippen LogP contribution in [-0.2, 0) is 9.59 Å². The van der Waals surface area contributed by atoms with Crippen molar-refractivity contribution in [2.24, 2.45) is 11.8 Å². The summed E-state index contributed by atoms with van der Waals surface area (Å²) in [4.78, 5) is 25.0. The topological polar surface area (TPSA) is 49.4 Å². The number of amides is 2. The minimum absolute atomic E-state index is 0.0699. The highest BCUT2D eigenvalue weighted by Gasteiger charge is 2.15. The second kappa shape index (κ2) is 8.95. The van der Waals surface area contributed by atoms with Gasteiger partial charge in [-0.15, -0.1) is 0 Å². The molecule has 0 aliphatic heterocycles. The molecule has 0 aliphatic carbocycles. The van der Waals surface area contributed by atoms with E-state index in [-0.39, 0.29) is 17.7 Å². The van der Waals surface area contributed by atoms with E-state index in [1.807, 2.05) is 13.8 Å². The quantitative estimate of drug-likeness (QED) is 0.722. The van der Waals surface area contributed by atoms with Crippen LogP contribution in [0, 0.1) is 11.8 Å². The van der Waals surface area contributed by atoms with Crippen LogP contribution >= 0.6 is 0 Å². The zero-order valence-corrected chi connectivity index (χ0v) is 12.5. The Morgan fingerprint density at radius 3 is 2.11 bits per heavy atom. The maximum Gasteiger partial charge on any atom is 0.223 e. The summed E-state index contributed by atoms with van der Waals surface area (Å²) in [5, 5.41) is 2.91. The zero-order chi connectivity index (χ0) is 14.1. The third-order valence-corrected chi connectivity index (χ3v) is 3.07. The van der Waals surface area contributed by atoms with E-state index < -0.39 is 0 Å². The Morgan fingerprint density at radius 2 is 1.72 bits per heavy atom. The van der Waals surface area contributed by atoms with Crippen LogP contribution in [0.4, 0.5) is 0 Å². The maximum absolute atomic E-state index is 11.8. The summed E-state index contributed by atoms with van der Waals surface area (Å²) in [6.07, 6.45) is 1.73. The van der Waals surface area contributed by atoms with Crippen molar-refractivity contribution >= 4 is 11.8 Å². The average molecular weight is 256 g/mol. The van der Waals surface area contributed by atoms with Gasteiger partial charge in [0, 0.05) is 32.5 Å². The molecule has 2 amide bonds. The molecule has 1 N–H and O–H groups in total. The number of carbonyl (C=O) groups is 2. The van der Waals surface area contributed by atoms with Crippen molar-refractivity contribution in [3.05, 3.63) is 0 Å². The Balaban J connectivity index is 4.06. The summed E-state index contributed by atoms with van der Waals surface area (Å²) < 4.78 is 0. The van der Waals surface area contributed by atoms with E-state index >= 15 is 0 Å². The highest BCUT2D eigenvalue weighted by molar-refractivity contribution is 5.78. The normalized spacial score (nSPS) is 10.8. The molecule has 0 spiro atoms. The van der Waals surface area contributed by atoms with E-state index in [1.165, 1.54) is 0 Å². The summed E-state index contributed by atoms with van der Waals surface area (Å²) >= 11 is 0. The van der Waals surface area contributed by atoms with E-state index in [0.717, 1.165) is 19.4 Å². The summed E-state index contributed by atoms with van der Waals surface area (Å²) in [6, 6.07) is 0. The third-order valence-electron chi connectivity index (χ3n) is 3.07. The van der Waals surface area contributed by atoms with Crippen LogP contribution in [0.25, 0.3) is 0 Å². The summed E-state index contributed by atoms with van der Waals surface area (Å²) in [7, 11) is 0. The summed E-state index contributed by atoms with van der Waals surface area (Å²) in [5.74, 6) is 0.720. The first-order valence-corrected chi connectivity index (χ1v) is 6.95. The SMILES string of the molecule is CCC(CC)C(=O)NCCN(CC(C)C)C(C)=O. The fourth-order valence-corrected chi connectivity index (χ4v) is 1.94. The van der Waals surface area contributed by atoms with Crippen LogP contribution in [-0.4, -0.2) is 36.3 Å². The van der Waals surface area contributed by atoms with E-state index in [1.54, 1.807) is 11.8 Å². The molecule has 0 unspecified atom stereocenters. The van der Waals surface area contributed by atoms with Gasteiger partial charge in [-0.05, 0) is 18.8 Å². The molecular weight excluding hydrogens is 228 g/mol. The lowest BCUT2D eigenvalue weighted by Gasteiger charge is -2.23. The van der Waals surface area contributed by atoms with Gasteiger partial charge in [-0.1, -0.05) is 27.7 Å². The van der Waals surface area contributed by atoms with E-state index in [0.29, 0.717) is 19.0 Å². The summed E-state index contributed by atoms with van der Waals surface area (Å²) in [5.41, 5.74) is 0. The smallest absolute Gasteiger partial charge is 0.223 e. The third kappa shape index (κ3) is 6.62. The van der Waals surface area contributed by atoms with Crippen LogP contribution in [0.2, 0.25) is 0 Å². The van der Waals surface area contributed by atoms with Crippen LogP contribution in [0.1, 0.15) is 47.5 Å². The Bertz CT molecular complexity index is 261. The molecule has 0 radical (unpaired) electrons. The molecule has 0 bridgehead atoms. The lowest BCUT2D eigenvalue weighted by Crippen LogP contribution is -2.40. The van der Waals surface area contributed by atoms with Gasteiger partial charge in [0.05, 0.1) is 0 Å². The molecular formula is C14H28N2O2. The van der Waals surface area contributed by atoms with Gasteiger partial charge in [0.25, 0.3) is 0 Å². The van der Waals surface area contributed by atoms with Gasteiger partial charge in [0.1, 0.15) is 0 Å². The number of rotatable bonds is 8. The van der Waals surface area contributed by atoms with Crippen molar-refractivity contribution in [3.8, 4) is 0 Å². The average Bonchev–Trinajstić information content (AvgIpc) is 2.28. The minimum Gasteiger partial charge on any atom is -0.354 e. The Kier molecular flexibility index (Phi) is 8.42. The fourth-order valence-electron chi connectivity index (χ4n) is 1.94. The number of nitrogens with zero attached hydrogens (tertiary/aromatic N) is 1. The number of hydrogen-bond acceptors (Lipinski definition) is 2. The second-order valence-corrected chi connectivity index (χ2v) is 5.16. The van der Waals surface area contributed by atoms with Crippen LogP contribution < -0.4 is 5.32 Å². The van der Waals surface area contributed by atoms with Crippen molar-refractivity contribution in [2.75, 3.05) is 19.6 Å². The van der Waals surface area contributed by atoms with Gasteiger partial charge >= 0.3 is 0 Å². The van der Waals surface area contributed by atoms with E-state index in [4.69, 9.17) is 0 Å². The highest BCUT2D eigenvalue weighted by atomic mass is 16.2. The standard InChI is InChI=1S/C14H28N2O2/c1-6-13(7-2)14(18)15-8-9-16(12(5)17)10-11(3)4/h11,13H,6-10H2,1-5H3,(H,15,18). The molecule has 0 saturated carbocycles. The molecule has 0 aromatic rings. The monoisotopic (exact) mass is 256 g/mol.